The molecular formula is C35H36O5. The Morgan fingerprint density at radius 2 is 1.07 bits per heavy atom. The van der Waals surface area contributed by atoms with Crippen molar-refractivity contribution < 1.29 is 24.1 Å². The summed E-state index contributed by atoms with van der Waals surface area (Å²) in [5.41, 5.74) is -0.326. The zero-order valence-electron chi connectivity index (χ0n) is 23.2. The Morgan fingerprint density at radius 3 is 1.48 bits per heavy atom. The molecule has 1 aliphatic heterocycles. The smallest absolute Gasteiger partial charge is 0.307 e. The summed E-state index contributed by atoms with van der Waals surface area (Å²) in [6.07, 6.45) is -1.03. The van der Waals surface area contributed by atoms with E-state index in [0.29, 0.717) is 17.5 Å². The quantitative estimate of drug-likeness (QED) is 0.240. The van der Waals surface area contributed by atoms with Crippen molar-refractivity contribution in [3.8, 4) is 0 Å². The van der Waals surface area contributed by atoms with Gasteiger partial charge in [-0.1, -0.05) is 128 Å². The fraction of sp³-hybridized carbons (Fsp3) is 0.286. The van der Waals surface area contributed by atoms with E-state index >= 15 is 0 Å². The SMILES string of the molecule is CCCC(=O)OC(c1ccccc1)(c1ccccc1)[C@@H]1OC(C)(C)O[C@H]1C(O)(c1ccccc1)c1ccccc1. The summed E-state index contributed by atoms with van der Waals surface area (Å²) in [7, 11) is 0. The normalized spacial score (nSPS) is 18.8. The molecule has 0 aliphatic carbocycles. The van der Waals surface area contributed by atoms with Crippen LogP contribution in [0.5, 0.6) is 0 Å². The topological polar surface area (TPSA) is 65.0 Å². The van der Waals surface area contributed by atoms with Gasteiger partial charge in [0.2, 0.25) is 0 Å². The third kappa shape index (κ3) is 5.08. The average Bonchev–Trinajstić information content (AvgIpc) is 3.33. The van der Waals surface area contributed by atoms with Crippen LogP contribution in [0.15, 0.2) is 121 Å². The van der Waals surface area contributed by atoms with Crippen LogP contribution in [0, 0.1) is 0 Å². The van der Waals surface area contributed by atoms with Crippen molar-refractivity contribution in [1.82, 2.24) is 0 Å². The van der Waals surface area contributed by atoms with Gasteiger partial charge in [-0.3, -0.25) is 4.79 Å². The summed E-state index contributed by atoms with van der Waals surface area (Å²) in [5, 5.41) is 12.9. The second-order valence-electron chi connectivity index (χ2n) is 10.7. The molecule has 0 amide bonds. The monoisotopic (exact) mass is 536 g/mol. The number of ether oxygens (including phenoxy) is 3. The summed E-state index contributed by atoms with van der Waals surface area (Å²) in [5.74, 6) is -1.45. The van der Waals surface area contributed by atoms with E-state index in [1.165, 1.54) is 0 Å². The molecule has 0 radical (unpaired) electrons. The third-order valence-electron chi connectivity index (χ3n) is 7.47. The van der Waals surface area contributed by atoms with Gasteiger partial charge in [0.25, 0.3) is 0 Å². The minimum Gasteiger partial charge on any atom is -0.446 e. The van der Waals surface area contributed by atoms with Crippen molar-refractivity contribution in [3.63, 3.8) is 0 Å². The van der Waals surface area contributed by atoms with Gasteiger partial charge in [0.1, 0.15) is 17.8 Å². The molecule has 4 aromatic rings. The molecule has 0 aromatic heterocycles. The zero-order valence-corrected chi connectivity index (χ0v) is 23.2. The van der Waals surface area contributed by atoms with Crippen LogP contribution in [0.1, 0.15) is 55.9 Å². The lowest BCUT2D eigenvalue weighted by atomic mass is 9.72. The van der Waals surface area contributed by atoms with E-state index in [9.17, 15) is 9.90 Å². The van der Waals surface area contributed by atoms with E-state index in [4.69, 9.17) is 14.2 Å². The lowest BCUT2D eigenvalue weighted by Crippen LogP contribution is -2.56. The molecule has 1 fully saturated rings. The molecule has 5 rings (SSSR count). The Balaban J connectivity index is 1.81. The van der Waals surface area contributed by atoms with Crippen LogP contribution >= 0.6 is 0 Å². The van der Waals surface area contributed by atoms with Crippen LogP contribution in [0.3, 0.4) is 0 Å². The highest BCUT2D eigenvalue weighted by molar-refractivity contribution is 5.71. The highest BCUT2D eigenvalue weighted by Crippen LogP contribution is 2.52. The van der Waals surface area contributed by atoms with E-state index < -0.39 is 29.2 Å². The molecular weight excluding hydrogens is 500 g/mol. The molecule has 2 atom stereocenters. The minimum atomic E-state index is -1.65. The Bertz CT molecular complexity index is 1310. The molecule has 0 unspecified atom stereocenters. The summed E-state index contributed by atoms with van der Waals surface area (Å²) in [6, 6.07) is 38.1. The molecule has 1 N–H and O–H groups in total. The lowest BCUT2D eigenvalue weighted by Gasteiger charge is -2.44. The first kappa shape index (κ1) is 27.8. The largest absolute Gasteiger partial charge is 0.446 e. The molecule has 1 aliphatic rings. The Kier molecular flexibility index (Phi) is 7.90. The molecule has 206 valence electrons. The predicted molar refractivity (Wildman–Crippen MR) is 154 cm³/mol. The first-order valence-corrected chi connectivity index (χ1v) is 13.8. The first-order valence-electron chi connectivity index (χ1n) is 13.8. The molecule has 1 saturated heterocycles. The highest BCUT2D eigenvalue weighted by Gasteiger charge is 2.63. The average molecular weight is 537 g/mol. The number of aliphatic hydroxyl groups is 1. The van der Waals surface area contributed by atoms with Gasteiger partial charge in [-0.05, 0) is 31.4 Å². The second-order valence-corrected chi connectivity index (χ2v) is 10.7. The molecule has 4 aromatic carbocycles. The van der Waals surface area contributed by atoms with E-state index in [1.807, 2.05) is 142 Å². The number of hydrogen-bond acceptors (Lipinski definition) is 5. The molecule has 0 spiro atoms. The molecule has 5 nitrogen and oxygen atoms in total. The Labute approximate surface area is 236 Å². The maximum absolute atomic E-state index is 13.4. The van der Waals surface area contributed by atoms with Gasteiger partial charge in [-0.25, -0.2) is 0 Å². The maximum atomic E-state index is 13.4. The summed E-state index contributed by atoms with van der Waals surface area (Å²) >= 11 is 0. The third-order valence-corrected chi connectivity index (χ3v) is 7.47. The minimum absolute atomic E-state index is 0.241. The van der Waals surface area contributed by atoms with Crippen molar-refractivity contribution in [2.24, 2.45) is 0 Å². The van der Waals surface area contributed by atoms with Crippen LogP contribution in [0.4, 0.5) is 0 Å². The van der Waals surface area contributed by atoms with Crippen LogP contribution in [0.25, 0.3) is 0 Å². The van der Waals surface area contributed by atoms with Crippen molar-refractivity contribution in [2.75, 3.05) is 0 Å². The highest BCUT2D eigenvalue weighted by atomic mass is 16.8. The van der Waals surface area contributed by atoms with Crippen LogP contribution in [0.2, 0.25) is 0 Å². The first-order chi connectivity index (χ1) is 19.3. The van der Waals surface area contributed by atoms with Crippen molar-refractivity contribution in [3.05, 3.63) is 144 Å². The standard InChI is InChI=1S/C35H36O5/c1-4-17-30(36)38-35(28-22-13-7-14-23-28,29-24-15-8-16-25-29)32-31(39-33(2,3)40-32)34(37,26-18-9-5-10-19-26)27-20-11-6-12-21-27/h5-16,18-25,31-32,37H,4,17H2,1-3H3/t31-,32-/m1/s1. The van der Waals surface area contributed by atoms with Gasteiger partial charge >= 0.3 is 5.97 Å². The van der Waals surface area contributed by atoms with Crippen molar-refractivity contribution >= 4 is 5.97 Å². The van der Waals surface area contributed by atoms with Crippen LogP contribution in [-0.4, -0.2) is 29.1 Å². The van der Waals surface area contributed by atoms with E-state index in [2.05, 4.69) is 0 Å². The molecule has 5 heteroatoms. The van der Waals surface area contributed by atoms with E-state index in [1.54, 1.807) is 0 Å². The van der Waals surface area contributed by atoms with Gasteiger partial charge in [-0.2, -0.15) is 0 Å². The fourth-order valence-corrected chi connectivity index (χ4v) is 5.72. The van der Waals surface area contributed by atoms with Gasteiger partial charge in [0.05, 0.1) is 0 Å². The van der Waals surface area contributed by atoms with Crippen molar-refractivity contribution in [1.29, 1.82) is 0 Å². The van der Waals surface area contributed by atoms with Crippen molar-refractivity contribution in [2.45, 2.75) is 62.8 Å². The zero-order chi connectivity index (χ0) is 28.2. The molecule has 0 saturated carbocycles. The summed E-state index contributed by atoms with van der Waals surface area (Å²) < 4.78 is 20.0. The number of benzene rings is 4. The summed E-state index contributed by atoms with van der Waals surface area (Å²) in [6.45, 7) is 5.59. The van der Waals surface area contributed by atoms with Gasteiger partial charge in [0, 0.05) is 17.5 Å². The van der Waals surface area contributed by atoms with Gasteiger partial charge < -0.3 is 19.3 Å². The van der Waals surface area contributed by atoms with Crippen LogP contribution in [-0.2, 0) is 30.2 Å². The lowest BCUT2D eigenvalue weighted by molar-refractivity contribution is -0.187. The van der Waals surface area contributed by atoms with E-state index in [0.717, 1.165) is 11.1 Å². The molecule has 0 bridgehead atoms. The van der Waals surface area contributed by atoms with E-state index in [-0.39, 0.29) is 12.4 Å². The number of carbonyl (C=O) groups excluding carboxylic acids is 1. The number of carbonyl (C=O) groups is 1. The Hall–Kier alpha value is -3.77. The second kappa shape index (κ2) is 11.4. The molecule has 1 heterocycles. The Morgan fingerprint density at radius 1 is 0.700 bits per heavy atom. The number of esters is 1. The summed E-state index contributed by atoms with van der Waals surface area (Å²) in [4.78, 5) is 13.4. The van der Waals surface area contributed by atoms with Crippen LogP contribution < -0.4 is 0 Å². The van der Waals surface area contributed by atoms with Gasteiger partial charge in [-0.15, -0.1) is 0 Å². The fourth-order valence-electron chi connectivity index (χ4n) is 5.72. The number of rotatable bonds is 9. The van der Waals surface area contributed by atoms with Gasteiger partial charge in [0.15, 0.2) is 11.4 Å². The molecule has 40 heavy (non-hydrogen) atoms. The number of hydrogen-bond donors (Lipinski definition) is 1. The maximum Gasteiger partial charge on any atom is 0.307 e. The predicted octanol–water partition coefficient (Wildman–Crippen LogP) is 6.73.